The molecule has 0 aliphatic carbocycles. The molecule has 0 saturated carbocycles. The minimum atomic E-state index is 0.396. The number of hydrogen-bond donors (Lipinski definition) is 0. The van der Waals surface area contributed by atoms with Crippen LogP contribution >= 0.6 is 23.6 Å². The van der Waals surface area contributed by atoms with Crippen LogP contribution in [0.3, 0.4) is 0 Å². The predicted octanol–water partition coefficient (Wildman–Crippen LogP) is 3.52. The van der Waals surface area contributed by atoms with E-state index in [1.165, 1.54) is 10.4 Å². The average Bonchev–Trinajstić information content (AvgIpc) is 3.08. The summed E-state index contributed by atoms with van der Waals surface area (Å²) in [5.74, 6) is 0.688. The van der Waals surface area contributed by atoms with Crippen molar-refractivity contribution in [3.05, 3.63) is 44.1 Å². The monoisotopic (exact) mass is 345 g/mol. The normalized spacial score (nSPS) is 18.5. The molecule has 120 valence electrons. The van der Waals surface area contributed by atoms with E-state index in [4.69, 9.17) is 12.2 Å². The third-order valence-corrected chi connectivity index (χ3v) is 5.98. The standard InChI is InChI=1S/C16H19N5S2/c1-10-8-11(2)21-15(17-10)18-20(16(21)22)9-19-6-4-14-13(12(19)3)5-7-23-14/h5,7-8,12H,4,6,9H2,1-3H3/t12-/m1/s1. The summed E-state index contributed by atoms with van der Waals surface area (Å²) in [6.07, 6.45) is 1.11. The Morgan fingerprint density at radius 3 is 3.04 bits per heavy atom. The maximum atomic E-state index is 5.62. The van der Waals surface area contributed by atoms with Crippen LogP contribution in [-0.4, -0.2) is 30.6 Å². The van der Waals surface area contributed by atoms with Gasteiger partial charge in [0.15, 0.2) is 0 Å². The van der Waals surface area contributed by atoms with Gasteiger partial charge in [0, 0.05) is 28.9 Å². The van der Waals surface area contributed by atoms with Crippen LogP contribution in [-0.2, 0) is 13.1 Å². The van der Waals surface area contributed by atoms with E-state index >= 15 is 0 Å². The molecule has 0 amide bonds. The molecule has 3 aromatic heterocycles. The highest BCUT2D eigenvalue weighted by Crippen LogP contribution is 2.32. The summed E-state index contributed by atoms with van der Waals surface area (Å²) in [4.78, 5) is 8.45. The topological polar surface area (TPSA) is 38.4 Å². The van der Waals surface area contributed by atoms with Crippen molar-refractivity contribution >= 4 is 29.3 Å². The molecule has 1 atom stereocenters. The molecule has 0 unspecified atom stereocenters. The fraction of sp³-hybridized carbons (Fsp3) is 0.438. The molecule has 4 heterocycles. The van der Waals surface area contributed by atoms with Crippen molar-refractivity contribution in [2.45, 2.75) is 39.9 Å². The fourth-order valence-electron chi connectivity index (χ4n) is 3.35. The minimum Gasteiger partial charge on any atom is -0.277 e. The van der Waals surface area contributed by atoms with Gasteiger partial charge in [-0.15, -0.1) is 16.4 Å². The summed E-state index contributed by atoms with van der Waals surface area (Å²) >= 11 is 7.49. The molecular weight excluding hydrogens is 326 g/mol. The number of hydrogen-bond acceptors (Lipinski definition) is 5. The Bertz CT molecular complexity index is 936. The highest BCUT2D eigenvalue weighted by molar-refractivity contribution is 7.71. The zero-order valence-electron chi connectivity index (χ0n) is 13.5. The van der Waals surface area contributed by atoms with E-state index in [0.29, 0.717) is 23.3 Å². The largest absolute Gasteiger partial charge is 0.277 e. The number of thiophene rings is 1. The summed E-state index contributed by atoms with van der Waals surface area (Å²) < 4.78 is 4.57. The number of aromatic nitrogens is 4. The van der Waals surface area contributed by atoms with Crippen LogP contribution in [0.25, 0.3) is 5.78 Å². The van der Waals surface area contributed by atoms with Gasteiger partial charge >= 0.3 is 0 Å². The quantitative estimate of drug-likeness (QED) is 0.666. The first kappa shape index (κ1) is 15.0. The molecule has 0 radical (unpaired) electrons. The molecule has 0 bridgehead atoms. The first-order valence-electron chi connectivity index (χ1n) is 7.79. The summed E-state index contributed by atoms with van der Waals surface area (Å²) in [5.41, 5.74) is 3.49. The first-order valence-corrected chi connectivity index (χ1v) is 9.07. The van der Waals surface area contributed by atoms with Gasteiger partial charge in [-0.3, -0.25) is 9.30 Å². The van der Waals surface area contributed by atoms with E-state index in [2.05, 4.69) is 33.4 Å². The smallest absolute Gasteiger partial charge is 0.254 e. The van der Waals surface area contributed by atoms with Crippen molar-refractivity contribution in [1.82, 2.24) is 24.1 Å². The van der Waals surface area contributed by atoms with E-state index < -0.39 is 0 Å². The van der Waals surface area contributed by atoms with Crippen molar-refractivity contribution in [3.63, 3.8) is 0 Å². The zero-order chi connectivity index (χ0) is 16.1. The Kier molecular flexibility index (Phi) is 3.59. The van der Waals surface area contributed by atoms with Crippen LogP contribution in [0.2, 0.25) is 0 Å². The maximum Gasteiger partial charge on any atom is 0.254 e. The van der Waals surface area contributed by atoms with E-state index in [1.54, 1.807) is 0 Å². The second-order valence-electron chi connectivity index (χ2n) is 6.14. The van der Waals surface area contributed by atoms with Gasteiger partial charge in [-0.1, -0.05) is 0 Å². The van der Waals surface area contributed by atoms with Crippen LogP contribution in [0.15, 0.2) is 17.5 Å². The number of fused-ring (bicyclic) bond motifs is 2. The third-order valence-electron chi connectivity index (χ3n) is 4.59. The highest BCUT2D eigenvalue weighted by Gasteiger charge is 2.25. The van der Waals surface area contributed by atoms with Crippen LogP contribution in [0.4, 0.5) is 0 Å². The van der Waals surface area contributed by atoms with Gasteiger partial charge in [0.05, 0.1) is 6.67 Å². The molecule has 3 aromatic rings. The average molecular weight is 345 g/mol. The number of rotatable bonds is 2. The van der Waals surface area contributed by atoms with E-state index in [9.17, 15) is 0 Å². The highest BCUT2D eigenvalue weighted by atomic mass is 32.1. The molecule has 5 nitrogen and oxygen atoms in total. The molecule has 1 aliphatic heterocycles. The van der Waals surface area contributed by atoms with Crippen molar-refractivity contribution in [3.8, 4) is 0 Å². The van der Waals surface area contributed by atoms with Crippen molar-refractivity contribution in [1.29, 1.82) is 0 Å². The summed E-state index contributed by atoms with van der Waals surface area (Å²) in [6, 6.07) is 4.68. The number of aryl methyl sites for hydroxylation is 2. The zero-order valence-corrected chi connectivity index (χ0v) is 15.1. The SMILES string of the molecule is Cc1cc(C)n2c(=S)n(CN3CCc4sccc4[C@H]3C)nc2n1. The molecule has 0 N–H and O–H groups in total. The minimum absolute atomic E-state index is 0.396. The van der Waals surface area contributed by atoms with Gasteiger partial charge in [0.1, 0.15) is 0 Å². The van der Waals surface area contributed by atoms with Crippen molar-refractivity contribution < 1.29 is 0 Å². The van der Waals surface area contributed by atoms with Crippen molar-refractivity contribution in [2.75, 3.05) is 6.54 Å². The van der Waals surface area contributed by atoms with Crippen LogP contribution in [0, 0.1) is 18.6 Å². The lowest BCUT2D eigenvalue weighted by molar-refractivity contribution is 0.144. The Morgan fingerprint density at radius 2 is 2.22 bits per heavy atom. The second-order valence-corrected chi connectivity index (χ2v) is 7.50. The molecule has 1 aliphatic rings. The molecule has 7 heteroatoms. The van der Waals surface area contributed by atoms with Gasteiger partial charge in [0.25, 0.3) is 5.78 Å². The van der Waals surface area contributed by atoms with Gasteiger partial charge < -0.3 is 0 Å². The van der Waals surface area contributed by atoms with Gasteiger partial charge in [-0.2, -0.15) is 0 Å². The molecule has 0 spiro atoms. The first-order chi connectivity index (χ1) is 11.0. The maximum absolute atomic E-state index is 5.62. The Balaban J connectivity index is 1.70. The summed E-state index contributed by atoms with van der Waals surface area (Å²) in [6.45, 7) is 8.04. The molecule has 0 aromatic carbocycles. The van der Waals surface area contributed by atoms with Gasteiger partial charge in [-0.05, 0) is 62.5 Å². The van der Waals surface area contributed by atoms with Crippen LogP contribution < -0.4 is 0 Å². The molecule has 4 rings (SSSR count). The summed E-state index contributed by atoms with van der Waals surface area (Å²) in [5, 5.41) is 6.82. The lowest BCUT2D eigenvalue weighted by Gasteiger charge is -2.33. The third kappa shape index (κ3) is 2.43. The molecule has 23 heavy (non-hydrogen) atoms. The van der Waals surface area contributed by atoms with Gasteiger partial charge in [-0.25, -0.2) is 9.67 Å². The molecular formula is C16H19N5S2. The van der Waals surface area contributed by atoms with E-state index in [1.807, 2.05) is 40.3 Å². The molecule has 0 fully saturated rings. The number of nitrogens with zero attached hydrogens (tertiary/aromatic N) is 5. The van der Waals surface area contributed by atoms with Crippen molar-refractivity contribution in [2.24, 2.45) is 0 Å². The second kappa shape index (κ2) is 5.51. The van der Waals surface area contributed by atoms with E-state index in [0.717, 1.165) is 24.4 Å². The lowest BCUT2D eigenvalue weighted by Crippen LogP contribution is -2.35. The fourth-order valence-corrected chi connectivity index (χ4v) is 4.64. The Labute approximate surface area is 144 Å². The van der Waals surface area contributed by atoms with Crippen LogP contribution in [0.5, 0.6) is 0 Å². The van der Waals surface area contributed by atoms with Crippen LogP contribution in [0.1, 0.15) is 34.8 Å². The Hall–Kier alpha value is -1.57. The Morgan fingerprint density at radius 1 is 1.39 bits per heavy atom. The summed E-state index contributed by atoms with van der Waals surface area (Å²) in [7, 11) is 0. The lowest BCUT2D eigenvalue weighted by atomic mass is 10.0. The van der Waals surface area contributed by atoms with Gasteiger partial charge in [0.2, 0.25) is 4.77 Å². The predicted molar refractivity (Wildman–Crippen MR) is 94.4 cm³/mol. The van der Waals surface area contributed by atoms with E-state index in [-0.39, 0.29) is 0 Å². The molecule has 0 saturated heterocycles.